The molecule has 184 valence electrons. The number of aliphatic hydroxyl groups is 1. The number of aliphatic hydroxyl groups excluding tert-OH is 1. The highest BCUT2D eigenvalue weighted by Gasteiger charge is 2.25. The van der Waals surface area contributed by atoms with Crippen molar-refractivity contribution in [2.24, 2.45) is 0 Å². The lowest BCUT2D eigenvalue weighted by Crippen LogP contribution is -2.21. The Morgan fingerprint density at radius 2 is 1.85 bits per heavy atom. The number of hydrogen-bond acceptors (Lipinski definition) is 5. The molecule has 1 N–H and O–H groups in total. The summed E-state index contributed by atoms with van der Waals surface area (Å²) in [5.74, 6) is -0.356. The summed E-state index contributed by atoms with van der Waals surface area (Å²) in [6, 6.07) is 9.01. The summed E-state index contributed by atoms with van der Waals surface area (Å²) in [6.07, 6.45) is 5.68. The zero-order valence-corrected chi connectivity index (χ0v) is 21.7. The number of carbonyl (C=O) groups is 1. The maximum absolute atomic E-state index is 13.2. The third-order valence-corrected chi connectivity index (χ3v) is 6.20. The number of benzene rings is 2. The van der Waals surface area contributed by atoms with E-state index < -0.39 is 0 Å². The zero-order valence-electron chi connectivity index (χ0n) is 20.9. The van der Waals surface area contributed by atoms with E-state index >= 15 is 0 Å². The maximum Gasteiger partial charge on any atom is 0.338 e. The van der Waals surface area contributed by atoms with Gasteiger partial charge < -0.3 is 9.84 Å². The monoisotopic (exact) mass is 485 g/mol. The van der Waals surface area contributed by atoms with Crippen molar-refractivity contribution >= 4 is 28.6 Å². The molecule has 0 amide bonds. The highest BCUT2D eigenvalue weighted by molar-refractivity contribution is 6.31. The van der Waals surface area contributed by atoms with Crippen molar-refractivity contribution in [1.82, 2.24) is 15.0 Å². The van der Waals surface area contributed by atoms with Crippen LogP contribution in [-0.4, -0.2) is 38.8 Å². The average Bonchev–Trinajstić information content (AvgIpc) is 3.19. The van der Waals surface area contributed by atoms with E-state index in [0.29, 0.717) is 33.7 Å². The van der Waals surface area contributed by atoms with Gasteiger partial charge in [-0.25, -0.2) is 4.79 Å². The molecular weight excluding hydrogens is 450 g/mol. The first-order valence-electron chi connectivity index (χ1n) is 12.2. The van der Waals surface area contributed by atoms with Crippen LogP contribution in [-0.2, 0) is 16.6 Å². The van der Waals surface area contributed by atoms with Gasteiger partial charge in [0.15, 0.2) is 0 Å². The smallest absolute Gasteiger partial charge is 0.338 e. The molecule has 6 nitrogen and oxygen atoms in total. The van der Waals surface area contributed by atoms with Crippen molar-refractivity contribution in [3.05, 3.63) is 52.0 Å². The van der Waals surface area contributed by atoms with Crippen molar-refractivity contribution in [3.8, 4) is 5.69 Å². The van der Waals surface area contributed by atoms with Crippen LogP contribution in [0.25, 0.3) is 16.7 Å². The van der Waals surface area contributed by atoms with Gasteiger partial charge in [0.05, 0.1) is 17.4 Å². The molecule has 0 bridgehead atoms. The van der Waals surface area contributed by atoms with Gasteiger partial charge in [-0.2, -0.15) is 4.80 Å². The number of aromatic nitrogens is 3. The molecule has 0 aliphatic carbocycles. The van der Waals surface area contributed by atoms with Crippen molar-refractivity contribution in [1.29, 1.82) is 0 Å². The normalized spacial score (nSPS) is 12.8. The lowest BCUT2D eigenvalue weighted by Gasteiger charge is -2.26. The largest absolute Gasteiger partial charge is 0.459 e. The van der Waals surface area contributed by atoms with E-state index in [1.165, 1.54) is 17.6 Å². The summed E-state index contributed by atoms with van der Waals surface area (Å²) in [7, 11) is 0. The molecule has 0 radical (unpaired) electrons. The van der Waals surface area contributed by atoms with Gasteiger partial charge in [-0.15, -0.1) is 10.2 Å². The molecule has 3 aromatic rings. The molecule has 0 saturated carbocycles. The zero-order chi connectivity index (χ0) is 24.9. The predicted octanol–water partition coefficient (Wildman–Crippen LogP) is 6.42. The second kappa shape index (κ2) is 11.3. The van der Waals surface area contributed by atoms with Crippen LogP contribution in [0.3, 0.4) is 0 Å². The molecule has 0 fully saturated rings. The van der Waals surface area contributed by atoms with Crippen LogP contribution in [0, 0.1) is 0 Å². The summed E-state index contributed by atoms with van der Waals surface area (Å²) in [4.78, 5) is 14.7. The molecule has 1 heterocycles. The van der Waals surface area contributed by atoms with Gasteiger partial charge in [-0.3, -0.25) is 0 Å². The Kier molecular flexibility index (Phi) is 8.72. The Hall–Kier alpha value is -2.44. The topological polar surface area (TPSA) is 77.2 Å². The summed E-state index contributed by atoms with van der Waals surface area (Å²) < 4.78 is 5.79. The Bertz CT molecular complexity index is 1130. The van der Waals surface area contributed by atoms with Gasteiger partial charge in [-0.05, 0) is 73.1 Å². The second-order valence-electron chi connectivity index (χ2n) is 9.93. The van der Waals surface area contributed by atoms with Crippen LogP contribution in [0.15, 0.2) is 30.3 Å². The van der Waals surface area contributed by atoms with Crippen LogP contribution in [0.5, 0.6) is 0 Å². The van der Waals surface area contributed by atoms with Gasteiger partial charge in [0.1, 0.15) is 11.0 Å². The molecule has 7 heteroatoms. The number of halogens is 1. The van der Waals surface area contributed by atoms with Gasteiger partial charge in [0.2, 0.25) is 0 Å². The van der Waals surface area contributed by atoms with Gasteiger partial charge >= 0.3 is 5.97 Å². The van der Waals surface area contributed by atoms with Gasteiger partial charge in [0, 0.05) is 11.6 Å². The molecule has 2 aromatic carbocycles. The van der Waals surface area contributed by atoms with E-state index in [1.807, 2.05) is 19.1 Å². The lowest BCUT2D eigenvalue weighted by atomic mass is 9.81. The summed E-state index contributed by atoms with van der Waals surface area (Å²) >= 11 is 6.14. The van der Waals surface area contributed by atoms with E-state index in [-0.39, 0.29) is 24.1 Å². The fraction of sp³-hybridized carbons (Fsp3) is 0.519. The quantitative estimate of drug-likeness (QED) is 0.265. The predicted molar refractivity (Wildman–Crippen MR) is 137 cm³/mol. The minimum absolute atomic E-state index is 0.0265. The van der Waals surface area contributed by atoms with E-state index in [2.05, 4.69) is 37.9 Å². The Balaban J connectivity index is 2.03. The molecule has 34 heavy (non-hydrogen) atoms. The fourth-order valence-electron chi connectivity index (χ4n) is 4.16. The first-order chi connectivity index (χ1) is 16.1. The van der Waals surface area contributed by atoms with Gasteiger partial charge in [-0.1, -0.05) is 58.6 Å². The van der Waals surface area contributed by atoms with Gasteiger partial charge in [0.25, 0.3) is 0 Å². The fourth-order valence-corrected chi connectivity index (χ4v) is 4.33. The minimum Gasteiger partial charge on any atom is -0.459 e. The summed E-state index contributed by atoms with van der Waals surface area (Å²) in [5.41, 5.74) is 4.08. The number of rotatable bonds is 10. The Morgan fingerprint density at radius 1 is 1.12 bits per heavy atom. The summed E-state index contributed by atoms with van der Waals surface area (Å²) in [6.45, 7) is 10.4. The molecule has 0 aliphatic rings. The Labute approximate surface area is 207 Å². The van der Waals surface area contributed by atoms with Crippen molar-refractivity contribution in [3.63, 3.8) is 0 Å². The number of unbranched alkanes of at least 4 members (excludes halogenated alkanes) is 3. The molecular formula is C27H36ClN3O3. The second-order valence-corrected chi connectivity index (χ2v) is 10.4. The highest BCUT2D eigenvalue weighted by atomic mass is 35.5. The molecule has 1 atom stereocenters. The number of carbonyl (C=O) groups excluding carboxylic acids is 1. The lowest BCUT2D eigenvalue weighted by molar-refractivity contribution is 0.0319. The van der Waals surface area contributed by atoms with Crippen molar-refractivity contribution < 1.29 is 14.6 Å². The van der Waals surface area contributed by atoms with Crippen LogP contribution in [0.1, 0.15) is 88.2 Å². The van der Waals surface area contributed by atoms with E-state index in [4.69, 9.17) is 16.3 Å². The first kappa shape index (κ1) is 26.2. The summed E-state index contributed by atoms with van der Waals surface area (Å²) in [5, 5.41) is 19.6. The first-order valence-corrected chi connectivity index (χ1v) is 12.5. The third kappa shape index (κ3) is 6.36. The minimum atomic E-state index is -0.356. The number of esters is 1. The number of ether oxygens (including phenoxy) is 1. The standard InChI is InChI=1S/C27H36ClN3O3/c1-6-7-8-9-10-18(2)34-26(33)19-15-22(27(3,4)5)21(13-14-32)25(16-19)31-29-23-12-11-20(28)17-24(23)30-31/h11-12,15-18,32H,6-10,13-14H2,1-5H3. The highest BCUT2D eigenvalue weighted by Crippen LogP contribution is 2.32. The molecule has 0 saturated heterocycles. The SMILES string of the molecule is CCCCCCC(C)OC(=O)c1cc(-n2nc3ccc(Cl)cc3n2)c(CCO)c(C(C)(C)C)c1. The van der Waals surface area contributed by atoms with E-state index in [9.17, 15) is 9.90 Å². The molecule has 3 rings (SSSR count). The maximum atomic E-state index is 13.2. The molecule has 1 aromatic heterocycles. The van der Waals surface area contributed by atoms with Crippen molar-refractivity contribution in [2.75, 3.05) is 6.61 Å². The Morgan fingerprint density at radius 3 is 2.53 bits per heavy atom. The van der Waals surface area contributed by atoms with Crippen LogP contribution in [0.4, 0.5) is 0 Å². The number of fused-ring (bicyclic) bond motifs is 1. The number of nitrogens with zero attached hydrogens (tertiary/aromatic N) is 3. The molecule has 0 aliphatic heterocycles. The van der Waals surface area contributed by atoms with Crippen molar-refractivity contribution in [2.45, 2.75) is 84.7 Å². The van der Waals surface area contributed by atoms with Crippen LogP contribution in [0.2, 0.25) is 5.02 Å². The van der Waals surface area contributed by atoms with E-state index in [1.54, 1.807) is 18.2 Å². The van der Waals surface area contributed by atoms with E-state index in [0.717, 1.165) is 30.4 Å². The average molecular weight is 486 g/mol. The number of hydrogen-bond donors (Lipinski definition) is 1. The molecule has 1 unspecified atom stereocenters. The van der Waals surface area contributed by atoms with Crippen LogP contribution >= 0.6 is 11.6 Å². The van der Waals surface area contributed by atoms with Crippen LogP contribution < -0.4 is 0 Å². The molecule has 0 spiro atoms. The third-order valence-electron chi connectivity index (χ3n) is 5.96.